The van der Waals surface area contributed by atoms with Crippen molar-refractivity contribution < 1.29 is 4.79 Å². The Hall–Kier alpha value is -2.14. The number of thiazole rings is 1. The molecule has 0 unspecified atom stereocenters. The van der Waals surface area contributed by atoms with Gasteiger partial charge >= 0.3 is 0 Å². The van der Waals surface area contributed by atoms with Gasteiger partial charge in [-0.2, -0.15) is 0 Å². The van der Waals surface area contributed by atoms with E-state index in [0.717, 1.165) is 23.7 Å². The third kappa shape index (κ3) is 2.45. The molecule has 0 saturated heterocycles. The molecule has 1 amide bonds. The molecule has 2 aromatic heterocycles. The summed E-state index contributed by atoms with van der Waals surface area (Å²) in [7, 11) is 1.62. The summed E-state index contributed by atoms with van der Waals surface area (Å²) < 4.78 is 2.28. The molecule has 3 rings (SSSR count). The van der Waals surface area contributed by atoms with Crippen LogP contribution in [0.3, 0.4) is 0 Å². The largest absolute Gasteiger partial charge is 0.354 e. The van der Waals surface area contributed by atoms with E-state index in [9.17, 15) is 4.79 Å². The van der Waals surface area contributed by atoms with Gasteiger partial charge < -0.3 is 9.88 Å². The molecule has 0 aliphatic rings. The molecule has 3 aromatic rings. The maximum atomic E-state index is 11.7. The number of aryl methyl sites for hydroxylation is 1. The fourth-order valence-electron chi connectivity index (χ4n) is 2.48. The minimum absolute atomic E-state index is 0.143. The monoisotopic (exact) mass is 299 g/mol. The summed E-state index contributed by atoms with van der Waals surface area (Å²) in [6.07, 6.45) is 1.05. The number of amides is 1. The molecule has 4 nitrogen and oxygen atoms in total. The van der Waals surface area contributed by atoms with E-state index in [1.54, 1.807) is 7.05 Å². The molecule has 0 aliphatic heterocycles. The Labute approximate surface area is 127 Å². The first-order valence-corrected chi connectivity index (χ1v) is 7.88. The van der Waals surface area contributed by atoms with Crippen molar-refractivity contribution in [2.24, 2.45) is 0 Å². The molecule has 0 radical (unpaired) electrons. The second-order valence-corrected chi connectivity index (χ2v) is 5.72. The van der Waals surface area contributed by atoms with Gasteiger partial charge in [0, 0.05) is 29.9 Å². The Kier molecular flexibility index (Phi) is 3.75. The minimum atomic E-state index is -0.143. The van der Waals surface area contributed by atoms with Crippen LogP contribution in [0.2, 0.25) is 0 Å². The SMILES string of the molecule is CCCn1c(-c2nc(C(=O)NC)cs2)cc2ccccc21. The third-order valence-electron chi connectivity index (χ3n) is 3.44. The average molecular weight is 299 g/mol. The van der Waals surface area contributed by atoms with Gasteiger partial charge in [0.2, 0.25) is 0 Å². The zero-order valence-electron chi connectivity index (χ0n) is 12.1. The van der Waals surface area contributed by atoms with Crippen molar-refractivity contribution in [2.75, 3.05) is 7.05 Å². The molecule has 1 N–H and O–H groups in total. The lowest BCUT2D eigenvalue weighted by molar-refractivity contribution is 0.0959. The number of nitrogens with zero attached hydrogens (tertiary/aromatic N) is 2. The molecule has 1 aromatic carbocycles. The standard InChI is InChI=1S/C16H17N3OS/c1-3-8-19-13-7-5-4-6-11(13)9-14(19)16-18-12(10-21-16)15(20)17-2/h4-7,9-10H,3,8H2,1-2H3,(H,17,20). The molecule has 21 heavy (non-hydrogen) atoms. The lowest BCUT2D eigenvalue weighted by atomic mass is 10.2. The Balaban J connectivity index is 2.12. The summed E-state index contributed by atoms with van der Waals surface area (Å²) in [4.78, 5) is 16.1. The number of nitrogens with one attached hydrogen (secondary N) is 1. The van der Waals surface area contributed by atoms with Crippen LogP contribution in [0.5, 0.6) is 0 Å². The van der Waals surface area contributed by atoms with Crippen molar-refractivity contribution >= 4 is 28.1 Å². The topological polar surface area (TPSA) is 46.9 Å². The summed E-state index contributed by atoms with van der Waals surface area (Å²) in [5.41, 5.74) is 2.77. The van der Waals surface area contributed by atoms with Gasteiger partial charge in [0.05, 0.1) is 5.69 Å². The molecule has 0 bridgehead atoms. The number of rotatable bonds is 4. The predicted octanol–water partition coefficient (Wildman–Crippen LogP) is 3.53. The van der Waals surface area contributed by atoms with Crippen molar-refractivity contribution in [1.82, 2.24) is 14.9 Å². The maximum absolute atomic E-state index is 11.7. The van der Waals surface area contributed by atoms with Crippen LogP contribution in [0, 0.1) is 0 Å². The lowest BCUT2D eigenvalue weighted by Crippen LogP contribution is -2.17. The molecule has 0 saturated carbocycles. The van der Waals surface area contributed by atoms with Gasteiger partial charge in [-0.3, -0.25) is 4.79 Å². The van der Waals surface area contributed by atoms with Crippen molar-refractivity contribution in [3.05, 3.63) is 41.4 Å². The summed E-state index contributed by atoms with van der Waals surface area (Å²) in [5.74, 6) is -0.143. The van der Waals surface area contributed by atoms with Gasteiger partial charge in [0.25, 0.3) is 5.91 Å². The first-order valence-electron chi connectivity index (χ1n) is 7.01. The second kappa shape index (κ2) is 5.69. The van der Waals surface area contributed by atoms with Crippen LogP contribution in [-0.2, 0) is 6.54 Å². The van der Waals surface area contributed by atoms with Gasteiger partial charge in [-0.1, -0.05) is 25.1 Å². The molecule has 5 heteroatoms. The van der Waals surface area contributed by atoms with E-state index in [4.69, 9.17) is 0 Å². The van der Waals surface area contributed by atoms with E-state index in [2.05, 4.69) is 46.1 Å². The highest BCUT2D eigenvalue weighted by Crippen LogP contribution is 2.30. The highest BCUT2D eigenvalue weighted by molar-refractivity contribution is 7.13. The van der Waals surface area contributed by atoms with Crippen LogP contribution in [0.25, 0.3) is 21.6 Å². The highest BCUT2D eigenvalue weighted by atomic mass is 32.1. The number of carbonyl (C=O) groups excluding carboxylic acids is 1. The molecular weight excluding hydrogens is 282 g/mol. The maximum Gasteiger partial charge on any atom is 0.270 e. The molecule has 0 atom stereocenters. The van der Waals surface area contributed by atoms with E-state index in [-0.39, 0.29) is 5.91 Å². The number of para-hydroxylation sites is 1. The Morgan fingerprint density at radius 2 is 2.19 bits per heavy atom. The molecule has 2 heterocycles. The van der Waals surface area contributed by atoms with E-state index in [1.807, 2.05) is 11.4 Å². The van der Waals surface area contributed by atoms with Crippen molar-refractivity contribution in [3.63, 3.8) is 0 Å². The Morgan fingerprint density at radius 3 is 2.95 bits per heavy atom. The molecular formula is C16H17N3OS. The van der Waals surface area contributed by atoms with Crippen LogP contribution in [0.4, 0.5) is 0 Å². The van der Waals surface area contributed by atoms with Crippen LogP contribution < -0.4 is 5.32 Å². The van der Waals surface area contributed by atoms with Crippen molar-refractivity contribution in [1.29, 1.82) is 0 Å². The number of aromatic nitrogens is 2. The fraction of sp³-hybridized carbons (Fsp3) is 0.250. The van der Waals surface area contributed by atoms with Crippen LogP contribution in [0.1, 0.15) is 23.8 Å². The van der Waals surface area contributed by atoms with Crippen molar-refractivity contribution in [2.45, 2.75) is 19.9 Å². The number of hydrogen-bond acceptors (Lipinski definition) is 3. The van der Waals surface area contributed by atoms with Gasteiger partial charge in [-0.15, -0.1) is 11.3 Å². The van der Waals surface area contributed by atoms with E-state index < -0.39 is 0 Å². The predicted molar refractivity (Wildman–Crippen MR) is 86.7 cm³/mol. The summed E-state index contributed by atoms with van der Waals surface area (Å²) in [6.45, 7) is 3.11. The summed E-state index contributed by atoms with van der Waals surface area (Å²) in [5, 5.41) is 6.51. The van der Waals surface area contributed by atoms with E-state index in [0.29, 0.717) is 5.69 Å². The first kappa shape index (κ1) is 13.8. The zero-order chi connectivity index (χ0) is 14.8. The van der Waals surface area contributed by atoms with E-state index >= 15 is 0 Å². The quantitative estimate of drug-likeness (QED) is 0.801. The van der Waals surface area contributed by atoms with Gasteiger partial charge in [-0.25, -0.2) is 4.98 Å². The number of fused-ring (bicyclic) bond motifs is 1. The average Bonchev–Trinajstić information content (AvgIpc) is 3.12. The van der Waals surface area contributed by atoms with Gasteiger partial charge in [0.15, 0.2) is 0 Å². The zero-order valence-corrected chi connectivity index (χ0v) is 12.9. The van der Waals surface area contributed by atoms with E-state index in [1.165, 1.54) is 22.2 Å². The summed E-state index contributed by atoms with van der Waals surface area (Å²) >= 11 is 1.51. The smallest absolute Gasteiger partial charge is 0.270 e. The molecule has 0 spiro atoms. The minimum Gasteiger partial charge on any atom is -0.354 e. The van der Waals surface area contributed by atoms with Gasteiger partial charge in [-0.05, 0) is 18.6 Å². The van der Waals surface area contributed by atoms with Crippen LogP contribution >= 0.6 is 11.3 Å². The normalized spacial score (nSPS) is 11.0. The number of hydrogen-bond donors (Lipinski definition) is 1. The van der Waals surface area contributed by atoms with Crippen LogP contribution in [0.15, 0.2) is 35.7 Å². The second-order valence-electron chi connectivity index (χ2n) is 4.86. The molecule has 0 aliphatic carbocycles. The number of benzene rings is 1. The fourth-order valence-corrected chi connectivity index (χ4v) is 3.30. The molecule has 108 valence electrons. The Morgan fingerprint density at radius 1 is 1.38 bits per heavy atom. The van der Waals surface area contributed by atoms with Gasteiger partial charge in [0.1, 0.15) is 10.7 Å². The van der Waals surface area contributed by atoms with Crippen LogP contribution in [-0.4, -0.2) is 22.5 Å². The first-order chi connectivity index (χ1) is 10.2. The Bertz CT molecular complexity index is 788. The molecule has 0 fully saturated rings. The third-order valence-corrected chi connectivity index (χ3v) is 4.31. The summed E-state index contributed by atoms with van der Waals surface area (Å²) in [6, 6.07) is 10.5. The lowest BCUT2D eigenvalue weighted by Gasteiger charge is -2.07. The highest BCUT2D eigenvalue weighted by Gasteiger charge is 2.15. The number of carbonyl (C=O) groups is 1. The van der Waals surface area contributed by atoms with Crippen molar-refractivity contribution in [3.8, 4) is 10.7 Å².